The summed E-state index contributed by atoms with van der Waals surface area (Å²) in [4.78, 5) is 12.2. The van der Waals surface area contributed by atoms with Crippen LogP contribution < -0.4 is 10.6 Å². The maximum absolute atomic E-state index is 13.7. The third-order valence-electron chi connectivity index (χ3n) is 4.45. The molecule has 1 amide bonds. The van der Waals surface area contributed by atoms with Gasteiger partial charge in [0.2, 0.25) is 0 Å². The molecule has 20 heavy (non-hydrogen) atoms. The molecule has 3 nitrogen and oxygen atoms in total. The Morgan fingerprint density at radius 1 is 1.45 bits per heavy atom. The third-order valence-corrected chi connectivity index (χ3v) is 4.94. The van der Waals surface area contributed by atoms with E-state index in [9.17, 15) is 9.18 Å². The minimum absolute atomic E-state index is 0.112. The van der Waals surface area contributed by atoms with Gasteiger partial charge in [0.15, 0.2) is 0 Å². The van der Waals surface area contributed by atoms with Crippen molar-refractivity contribution in [3.05, 3.63) is 34.1 Å². The topological polar surface area (TPSA) is 41.1 Å². The summed E-state index contributed by atoms with van der Waals surface area (Å²) in [5.41, 5.74) is 0.340. The Hall–Kier alpha value is -0.940. The number of rotatable bonds is 2. The molecule has 1 aliphatic heterocycles. The largest absolute Gasteiger partial charge is 0.349 e. The molecule has 5 heteroatoms. The van der Waals surface area contributed by atoms with Crippen LogP contribution in [0.4, 0.5) is 4.39 Å². The number of hydrogen-bond acceptors (Lipinski definition) is 2. The molecule has 1 unspecified atom stereocenters. The molecule has 2 fully saturated rings. The van der Waals surface area contributed by atoms with Crippen molar-refractivity contribution in [1.29, 1.82) is 0 Å². The van der Waals surface area contributed by atoms with Crippen LogP contribution in [-0.2, 0) is 0 Å². The van der Waals surface area contributed by atoms with E-state index in [1.54, 1.807) is 6.07 Å². The molecule has 1 aromatic rings. The summed E-state index contributed by atoms with van der Waals surface area (Å²) in [6.45, 7) is 0.923. The van der Waals surface area contributed by atoms with Crippen molar-refractivity contribution in [2.45, 2.75) is 43.7 Å². The van der Waals surface area contributed by atoms with Gasteiger partial charge in [0.05, 0.1) is 5.56 Å². The van der Waals surface area contributed by atoms with Crippen LogP contribution in [0.5, 0.6) is 0 Å². The zero-order chi connectivity index (χ0) is 14.2. The molecular formula is C15H18BrFN2O. The summed E-state index contributed by atoms with van der Waals surface area (Å²) in [6, 6.07) is 4.59. The van der Waals surface area contributed by atoms with Gasteiger partial charge in [0.1, 0.15) is 5.82 Å². The predicted octanol–water partition coefficient (Wildman–Crippen LogP) is 2.99. The number of carbonyl (C=O) groups excluding carboxylic acids is 1. The molecular weight excluding hydrogens is 323 g/mol. The Morgan fingerprint density at radius 2 is 2.25 bits per heavy atom. The van der Waals surface area contributed by atoms with Crippen LogP contribution in [0.25, 0.3) is 0 Å². The Balaban J connectivity index is 1.67. The number of carbonyl (C=O) groups is 1. The Bertz CT molecular complexity index is 531. The van der Waals surface area contributed by atoms with Crippen molar-refractivity contribution < 1.29 is 9.18 Å². The standard InChI is InChI=1S/C15H18BrFN2O/c16-10-2-3-13(17)12(8-10)14(20)19-11-4-7-18-15(9-11)5-1-6-15/h2-3,8,11,18H,1,4-7,9H2,(H,19,20). The van der Waals surface area contributed by atoms with Crippen molar-refractivity contribution in [2.24, 2.45) is 0 Å². The van der Waals surface area contributed by atoms with Crippen LogP contribution in [0.2, 0.25) is 0 Å². The van der Waals surface area contributed by atoms with Crippen molar-refractivity contribution in [2.75, 3.05) is 6.54 Å². The summed E-state index contributed by atoms with van der Waals surface area (Å²) in [5.74, 6) is -0.789. The van der Waals surface area contributed by atoms with E-state index in [0.29, 0.717) is 4.47 Å². The summed E-state index contributed by atoms with van der Waals surface area (Å²) in [5, 5.41) is 6.55. The summed E-state index contributed by atoms with van der Waals surface area (Å²) in [6.07, 6.45) is 5.49. The highest BCUT2D eigenvalue weighted by atomic mass is 79.9. The zero-order valence-corrected chi connectivity index (χ0v) is 12.8. The van der Waals surface area contributed by atoms with E-state index in [1.165, 1.54) is 31.4 Å². The summed E-state index contributed by atoms with van der Waals surface area (Å²) in [7, 11) is 0. The van der Waals surface area contributed by atoms with Crippen molar-refractivity contribution in [3.63, 3.8) is 0 Å². The predicted molar refractivity (Wildman–Crippen MR) is 79.2 cm³/mol. The minimum atomic E-state index is -0.474. The highest BCUT2D eigenvalue weighted by Crippen LogP contribution is 2.38. The molecule has 2 N–H and O–H groups in total. The molecule has 1 atom stereocenters. The molecule has 3 rings (SSSR count). The van der Waals surface area contributed by atoms with Gasteiger partial charge in [-0.2, -0.15) is 0 Å². The SMILES string of the molecule is O=C(NC1CCNC2(CCC2)C1)c1cc(Br)ccc1F. The molecule has 108 valence electrons. The first-order chi connectivity index (χ1) is 9.58. The van der Waals surface area contributed by atoms with E-state index in [2.05, 4.69) is 26.6 Å². The zero-order valence-electron chi connectivity index (χ0n) is 11.2. The fourth-order valence-corrected chi connectivity index (χ4v) is 3.56. The molecule has 1 spiro atoms. The lowest BCUT2D eigenvalue weighted by Crippen LogP contribution is -2.59. The summed E-state index contributed by atoms with van der Waals surface area (Å²) >= 11 is 3.27. The number of halogens is 2. The van der Waals surface area contributed by atoms with E-state index >= 15 is 0 Å². The van der Waals surface area contributed by atoms with Crippen LogP contribution in [0.3, 0.4) is 0 Å². The average Bonchev–Trinajstić information content (AvgIpc) is 2.40. The molecule has 1 heterocycles. The first-order valence-electron chi connectivity index (χ1n) is 7.09. The van der Waals surface area contributed by atoms with E-state index in [-0.39, 0.29) is 23.1 Å². The van der Waals surface area contributed by atoms with E-state index in [1.807, 2.05) is 0 Å². The van der Waals surface area contributed by atoms with Crippen LogP contribution in [0.1, 0.15) is 42.5 Å². The highest BCUT2D eigenvalue weighted by Gasteiger charge is 2.41. The number of piperidine rings is 1. The van der Waals surface area contributed by atoms with Crippen molar-refractivity contribution in [1.82, 2.24) is 10.6 Å². The monoisotopic (exact) mass is 340 g/mol. The van der Waals surface area contributed by atoms with E-state index in [0.717, 1.165) is 19.4 Å². The molecule has 0 aromatic heterocycles. The van der Waals surface area contributed by atoms with Crippen LogP contribution >= 0.6 is 15.9 Å². The van der Waals surface area contributed by atoms with Gasteiger partial charge >= 0.3 is 0 Å². The van der Waals surface area contributed by atoms with Gasteiger partial charge in [-0.25, -0.2) is 4.39 Å². The molecule has 0 radical (unpaired) electrons. The molecule has 1 aromatic carbocycles. The first kappa shape index (κ1) is 14.0. The second-order valence-electron chi connectivity index (χ2n) is 5.85. The average molecular weight is 341 g/mol. The van der Waals surface area contributed by atoms with Crippen LogP contribution in [0.15, 0.2) is 22.7 Å². The van der Waals surface area contributed by atoms with Crippen LogP contribution in [0, 0.1) is 5.82 Å². The number of nitrogens with one attached hydrogen (secondary N) is 2. The Labute approximate surface area is 126 Å². The van der Waals surface area contributed by atoms with E-state index < -0.39 is 5.82 Å². The normalized spacial score (nSPS) is 24.2. The lowest BCUT2D eigenvalue weighted by molar-refractivity contribution is 0.0849. The minimum Gasteiger partial charge on any atom is -0.349 e. The maximum Gasteiger partial charge on any atom is 0.254 e. The van der Waals surface area contributed by atoms with Gasteiger partial charge in [-0.1, -0.05) is 15.9 Å². The lowest BCUT2D eigenvalue weighted by atomic mass is 9.70. The smallest absolute Gasteiger partial charge is 0.254 e. The highest BCUT2D eigenvalue weighted by molar-refractivity contribution is 9.10. The molecule has 0 bridgehead atoms. The molecule has 1 aliphatic carbocycles. The van der Waals surface area contributed by atoms with Gasteiger partial charge < -0.3 is 10.6 Å². The Morgan fingerprint density at radius 3 is 2.95 bits per heavy atom. The number of benzene rings is 1. The molecule has 1 saturated carbocycles. The summed E-state index contributed by atoms with van der Waals surface area (Å²) < 4.78 is 14.4. The van der Waals surface area contributed by atoms with Gasteiger partial charge in [0, 0.05) is 16.1 Å². The second-order valence-corrected chi connectivity index (χ2v) is 6.76. The fraction of sp³-hybridized carbons (Fsp3) is 0.533. The fourth-order valence-electron chi connectivity index (χ4n) is 3.20. The number of hydrogen-bond donors (Lipinski definition) is 2. The van der Waals surface area contributed by atoms with Crippen LogP contribution in [-0.4, -0.2) is 24.0 Å². The lowest BCUT2D eigenvalue weighted by Gasteiger charge is -2.48. The van der Waals surface area contributed by atoms with Gasteiger partial charge in [-0.05, 0) is 56.8 Å². The maximum atomic E-state index is 13.7. The quantitative estimate of drug-likeness (QED) is 0.868. The Kier molecular flexibility index (Phi) is 3.82. The molecule has 2 aliphatic rings. The first-order valence-corrected chi connectivity index (χ1v) is 7.88. The van der Waals surface area contributed by atoms with Gasteiger partial charge in [0.25, 0.3) is 5.91 Å². The van der Waals surface area contributed by atoms with E-state index in [4.69, 9.17) is 0 Å². The molecule has 1 saturated heterocycles. The third kappa shape index (κ3) is 2.74. The van der Waals surface area contributed by atoms with Crippen molar-refractivity contribution in [3.8, 4) is 0 Å². The van der Waals surface area contributed by atoms with Gasteiger partial charge in [-0.15, -0.1) is 0 Å². The second kappa shape index (κ2) is 5.45. The van der Waals surface area contributed by atoms with Crippen molar-refractivity contribution >= 4 is 21.8 Å². The van der Waals surface area contributed by atoms with Gasteiger partial charge in [-0.3, -0.25) is 4.79 Å². The number of amides is 1.